The number of aliphatic imine (C=N–C) groups is 1. The van der Waals surface area contributed by atoms with E-state index in [9.17, 15) is 0 Å². The molecule has 0 saturated carbocycles. The van der Waals surface area contributed by atoms with Gasteiger partial charge in [0.25, 0.3) is 0 Å². The number of hydrogen-bond acceptors (Lipinski definition) is 5. The van der Waals surface area contributed by atoms with E-state index in [1.807, 2.05) is 0 Å². The quantitative estimate of drug-likeness (QED) is 0.564. The lowest BCUT2D eigenvalue weighted by atomic mass is 9.99. The van der Waals surface area contributed by atoms with Crippen LogP contribution in [0, 0.1) is 0 Å². The predicted molar refractivity (Wildman–Crippen MR) is 111 cm³/mol. The minimum atomic E-state index is 0.800. The normalized spacial score (nSPS) is 14.6. The Bertz CT molecular complexity index is 762. The zero-order valence-electron chi connectivity index (χ0n) is 16.2. The summed E-state index contributed by atoms with van der Waals surface area (Å²) in [6.45, 7) is 4.60. The molecular weight excluding hydrogens is 360 g/mol. The fraction of sp³-hybridized carbons (Fsp3) is 0.450. The van der Waals surface area contributed by atoms with Crippen molar-refractivity contribution in [2.75, 3.05) is 40.9 Å². The highest BCUT2D eigenvalue weighted by atomic mass is 32.1. The van der Waals surface area contributed by atoms with Crippen LogP contribution >= 0.6 is 11.3 Å². The van der Waals surface area contributed by atoms with Gasteiger partial charge in [-0.1, -0.05) is 6.07 Å². The Morgan fingerprint density at radius 1 is 1.19 bits per heavy atom. The molecule has 0 amide bonds. The fourth-order valence-corrected chi connectivity index (χ4v) is 3.91. The van der Waals surface area contributed by atoms with Gasteiger partial charge in [0, 0.05) is 38.1 Å². The van der Waals surface area contributed by atoms with Gasteiger partial charge in [0.2, 0.25) is 0 Å². The highest BCUT2D eigenvalue weighted by molar-refractivity contribution is 7.09. The summed E-state index contributed by atoms with van der Waals surface area (Å²) in [6.07, 6.45) is 1.03. The van der Waals surface area contributed by atoms with E-state index in [1.165, 1.54) is 16.0 Å². The van der Waals surface area contributed by atoms with E-state index in [4.69, 9.17) is 9.47 Å². The van der Waals surface area contributed by atoms with E-state index in [2.05, 4.69) is 50.2 Å². The molecule has 6 nitrogen and oxygen atoms in total. The molecule has 1 aliphatic heterocycles. The Morgan fingerprint density at radius 2 is 1.96 bits per heavy atom. The molecule has 0 saturated heterocycles. The van der Waals surface area contributed by atoms with E-state index >= 15 is 0 Å². The first-order chi connectivity index (χ1) is 13.2. The molecule has 7 heteroatoms. The summed E-state index contributed by atoms with van der Waals surface area (Å²) in [5, 5.41) is 8.84. The summed E-state index contributed by atoms with van der Waals surface area (Å²) in [7, 11) is 5.18. The van der Waals surface area contributed by atoms with E-state index in [-0.39, 0.29) is 0 Å². The minimum Gasteiger partial charge on any atom is -0.493 e. The molecule has 2 aromatic rings. The monoisotopic (exact) mass is 388 g/mol. The van der Waals surface area contributed by atoms with Gasteiger partial charge in [-0.25, -0.2) is 0 Å². The first-order valence-electron chi connectivity index (χ1n) is 9.16. The van der Waals surface area contributed by atoms with Crippen LogP contribution in [-0.2, 0) is 19.5 Å². The van der Waals surface area contributed by atoms with Crippen LogP contribution in [0.5, 0.6) is 11.5 Å². The highest BCUT2D eigenvalue weighted by Crippen LogP contribution is 2.33. The highest BCUT2D eigenvalue weighted by Gasteiger charge is 2.19. The molecular formula is C20H28N4O2S. The summed E-state index contributed by atoms with van der Waals surface area (Å²) < 4.78 is 10.9. The van der Waals surface area contributed by atoms with Crippen LogP contribution < -0.4 is 20.1 Å². The number of benzene rings is 1. The average molecular weight is 389 g/mol. The maximum Gasteiger partial charge on any atom is 0.191 e. The van der Waals surface area contributed by atoms with Gasteiger partial charge in [-0.05, 0) is 41.1 Å². The second kappa shape index (κ2) is 9.62. The topological polar surface area (TPSA) is 58.1 Å². The lowest BCUT2D eigenvalue weighted by Crippen LogP contribution is -2.42. The number of rotatable bonds is 7. The van der Waals surface area contributed by atoms with E-state index in [0.717, 1.165) is 56.6 Å². The van der Waals surface area contributed by atoms with Crippen molar-refractivity contribution in [1.82, 2.24) is 15.5 Å². The largest absolute Gasteiger partial charge is 0.493 e. The molecule has 0 spiro atoms. The Labute approximate surface area is 165 Å². The van der Waals surface area contributed by atoms with Crippen molar-refractivity contribution in [3.63, 3.8) is 0 Å². The van der Waals surface area contributed by atoms with Gasteiger partial charge in [0.1, 0.15) is 0 Å². The average Bonchev–Trinajstić information content (AvgIpc) is 3.22. The molecule has 2 N–H and O–H groups in total. The van der Waals surface area contributed by atoms with Crippen LogP contribution in [0.3, 0.4) is 0 Å². The molecule has 146 valence electrons. The van der Waals surface area contributed by atoms with Crippen molar-refractivity contribution in [2.45, 2.75) is 19.5 Å². The molecule has 0 bridgehead atoms. The summed E-state index contributed by atoms with van der Waals surface area (Å²) in [6, 6.07) is 8.41. The summed E-state index contributed by atoms with van der Waals surface area (Å²) >= 11 is 1.75. The number of methoxy groups -OCH3 is 2. The predicted octanol–water partition coefficient (Wildman–Crippen LogP) is 2.49. The molecule has 27 heavy (non-hydrogen) atoms. The Balaban J connectivity index is 1.48. The maximum atomic E-state index is 5.44. The van der Waals surface area contributed by atoms with Crippen molar-refractivity contribution < 1.29 is 9.47 Å². The zero-order chi connectivity index (χ0) is 19.1. The molecule has 1 aromatic heterocycles. The molecule has 2 heterocycles. The van der Waals surface area contributed by atoms with Gasteiger partial charge in [-0.3, -0.25) is 9.89 Å². The summed E-state index contributed by atoms with van der Waals surface area (Å²) in [5.41, 5.74) is 2.67. The van der Waals surface area contributed by atoms with Crippen LogP contribution in [0.1, 0.15) is 16.0 Å². The molecule has 0 unspecified atom stereocenters. The van der Waals surface area contributed by atoms with Crippen LogP contribution in [0.25, 0.3) is 0 Å². The SMILES string of the molecule is CN=C(NCCN1CCc2cc(OC)c(OC)cc2C1)NCc1cccs1. The first kappa shape index (κ1) is 19.5. The summed E-state index contributed by atoms with van der Waals surface area (Å²) in [4.78, 5) is 8.05. The Morgan fingerprint density at radius 3 is 2.63 bits per heavy atom. The van der Waals surface area contributed by atoms with Crippen LogP contribution in [0.2, 0.25) is 0 Å². The van der Waals surface area contributed by atoms with Crippen LogP contribution in [-0.4, -0.2) is 51.8 Å². The Hall–Kier alpha value is -2.25. The standard InChI is InChI=1S/C20H28N4O2S/c1-21-20(23-13-17-5-4-10-27-17)22-7-9-24-8-6-15-11-18(25-2)19(26-3)12-16(15)14-24/h4-5,10-12H,6-9,13-14H2,1-3H3,(H2,21,22,23). The molecule has 0 fully saturated rings. The lowest BCUT2D eigenvalue weighted by molar-refractivity contribution is 0.256. The maximum absolute atomic E-state index is 5.44. The second-order valence-electron chi connectivity index (χ2n) is 6.43. The van der Waals surface area contributed by atoms with E-state index in [0.29, 0.717) is 0 Å². The number of ether oxygens (including phenoxy) is 2. The number of nitrogens with zero attached hydrogens (tertiary/aromatic N) is 2. The molecule has 1 aromatic carbocycles. The minimum absolute atomic E-state index is 0.800. The zero-order valence-corrected chi connectivity index (χ0v) is 17.1. The molecule has 0 aliphatic carbocycles. The number of guanidine groups is 1. The van der Waals surface area contributed by atoms with Crippen LogP contribution in [0.15, 0.2) is 34.6 Å². The molecule has 1 aliphatic rings. The van der Waals surface area contributed by atoms with Crippen molar-refractivity contribution in [3.05, 3.63) is 45.6 Å². The fourth-order valence-electron chi connectivity index (χ4n) is 3.27. The first-order valence-corrected chi connectivity index (χ1v) is 10.0. The van der Waals surface area contributed by atoms with Gasteiger partial charge in [0.15, 0.2) is 17.5 Å². The summed E-state index contributed by atoms with van der Waals surface area (Å²) in [5.74, 6) is 2.45. The third-order valence-corrected chi connectivity index (χ3v) is 5.63. The van der Waals surface area contributed by atoms with Gasteiger partial charge < -0.3 is 20.1 Å². The lowest BCUT2D eigenvalue weighted by Gasteiger charge is -2.29. The number of hydrogen-bond donors (Lipinski definition) is 2. The Kier molecular flexibility index (Phi) is 6.95. The number of thiophene rings is 1. The third kappa shape index (κ3) is 5.14. The number of fused-ring (bicyclic) bond motifs is 1. The van der Waals surface area contributed by atoms with Crippen molar-refractivity contribution in [3.8, 4) is 11.5 Å². The van der Waals surface area contributed by atoms with E-state index in [1.54, 1.807) is 32.6 Å². The van der Waals surface area contributed by atoms with E-state index < -0.39 is 0 Å². The van der Waals surface area contributed by atoms with Crippen molar-refractivity contribution in [2.24, 2.45) is 4.99 Å². The van der Waals surface area contributed by atoms with Crippen LogP contribution in [0.4, 0.5) is 0 Å². The smallest absolute Gasteiger partial charge is 0.191 e. The van der Waals surface area contributed by atoms with Crippen molar-refractivity contribution >= 4 is 17.3 Å². The third-order valence-electron chi connectivity index (χ3n) is 4.75. The number of nitrogens with one attached hydrogen (secondary N) is 2. The van der Waals surface area contributed by atoms with Crippen molar-refractivity contribution in [1.29, 1.82) is 0 Å². The van der Waals surface area contributed by atoms with Gasteiger partial charge in [-0.15, -0.1) is 11.3 Å². The molecule has 0 atom stereocenters. The molecule has 0 radical (unpaired) electrons. The van der Waals surface area contributed by atoms with Gasteiger partial charge >= 0.3 is 0 Å². The second-order valence-corrected chi connectivity index (χ2v) is 7.47. The van der Waals surface area contributed by atoms with Gasteiger partial charge in [-0.2, -0.15) is 0 Å². The van der Waals surface area contributed by atoms with Gasteiger partial charge in [0.05, 0.1) is 20.8 Å². The molecule has 3 rings (SSSR count).